The molecule has 0 aliphatic rings. The topological polar surface area (TPSA) is 54.4 Å². The summed E-state index contributed by atoms with van der Waals surface area (Å²) in [5, 5.41) is 1.85. The summed E-state index contributed by atoms with van der Waals surface area (Å²) >= 11 is 0. The first-order valence-electron chi connectivity index (χ1n) is 5.42. The van der Waals surface area contributed by atoms with E-state index in [1.54, 1.807) is 0 Å². The lowest BCUT2D eigenvalue weighted by atomic mass is 10.0. The van der Waals surface area contributed by atoms with Crippen LogP contribution in [0.4, 0.5) is 0 Å². The molecule has 2 aromatic carbocycles. The van der Waals surface area contributed by atoms with Crippen molar-refractivity contribution >= 4 is 20.9 Å². The van der Waals surface area contributed by atoms with Gasteiger partial charge >= 0.3 is 0 Å². The van der Waals surface area contributed by atoms with Crippen molar-refractivity contribution in [2.24, 2.45) is 0 Å². The molecular formula is C13H14O3S. The third-order valence-corrected chi connectivity index (χ3v) is 3.74. The van der Waals surface area contributed by atoms with E-state index in [1.165, 1.54) is 17.7 Å². The summed E-state index contributed by atoms with van der Waals surface area (Å²) in [6.45, 7) is 3.92. The van der Waals surface area contributed by atoms with E-state index in [9.17, 15) is 8.42 Å². The summed E-state index contributed by atoms with van der Waals surface area (Å²) in [6.07, 6.45) is 0.940. The predicted octanol–water partition coefficient (Wildman–Crippen LogP) is 2.96. The first kappa shape index (κ1) is 12.1. The first-order valence-corrected chi connectivity index (χ1v) is 6.86. The molecule has 3 nitrogen and oxygen atoms in total. The van der Waals surface area contributed by atoms with Gasteiger partial charge in [-0.2, -0.15) is 8.42 Å². The average Bonchev–Trinajstić information content (AvgIpc) is 2.27. The Balaban J connectivity index is 2.76. The van der Waals surface area contributed by atoms with E-state index in [4.69, 9.17) is 4.55 Å². The number of hydrogen-bond donors (Lipinski definition) is 1. The molecule has 0 amide bonds. The van der Waals surface area contributed by atoms with E-state index >= 15 is 0 Å². The maximum absolute atomic E-state index is 11.1. The van der Waals surface area contributed by atoms with Crippen LogP contribution in [0.1, 0.15) is 18.1 Å². The Kier molecular flexibility index (Phi) is 2.93. The molecule has 2 rings (SSSR count). The summed E-state index contributed by atoms with van der Waals surface area (Å²) in [4.78, 5) is -0.0493. The van der Waals surface area contributed by atoms with E-state index < -0.39 is 10.1 Å². The Morgan fingerprint density at radius 2 is 1.88 bits per heavy atom. The first-order chi connectivity index (χ1) is 7.91. The zero-order valence-corrected chi connectivity index (χ0v) is 10.6. The van der Waals surface area contributed by atoms with Crippen molar-refractivity contribution in [1.29, 1.82) is 0 Å². The molecule has 0 radical (unpaired) electrons. The fraction of sp³-hybridized carbons (Fsp3) is 0.231. The van der Waals surface area contributed by atoms with Gasteiger partial charge in [-0.15, -0.1) is 0 Å². The molecule has 0 atom stereocenters. The lowest BCUT2D eigenvalue weighted by molar-refractivity contribution is 0.483. The largest absolute Gasteiger partial charge is 0.294 e. The van der Waals surface area contributed by atoms with Gasteiger partial charge in [0.05, 0.1) is 4.90 Å². The highest BCUT2D eigenvalue weighted by Gasteiger charge is 2.11. The quantitative estimate of drug-likeness (QED) is 0.834. The van der Waals surface area contributed by atoms with Gasteiger partial charge in [-0.3, -0.25) is 4.55 Å². The van der Waals surface area contributed by atoms with Gasteiger partial charge in [-0.1, -0.05) is 25.1 Å². The van der Waals surface area contributed by atoms with Crippen molar-refractivity contribution in [3.8, 4) is 0 Å². The van der Waals surface area contributed by atoms with Crippen LogP contribution in [0.5, 0.6) is 0 Å². The van der Waals surface area contributed by atoms with Crippen LogP contribution >= 0.6 is 0 Å². The number of hydrogen-bond acceptors (Lipinski definition) is 2. The van der Waals surface area contributed by atoms with Crippen LogP contribution < -0.4 is 0 Å². The van der Waals surface area contributed by atoms with E-state index in [-0.39, 0.29) is 4.90 Å². The Bertz CT molecular complexity index is 672. The number of benzene rings is 2. The van der Waals surface area contributed by atoms with Gasteiger partial charge in [-0.25, -0.2) is 0 Å². The monoisotopic (exact) mass is 250 g/mol. The second kappa shape index (κ2) is 4.13. The highest BCUT2D eigenvalue weighted by molar-refractivity contribution is 7.85. The maximum Gasteiger partial charge on any atom is 0.294 e. The van der Waals surface area contributed by atoms with Crippen molar-refractivity contribution in [2.45, 2.75) is 25.2 Å². The van der Waals surface area contributed by atoms with Crippen molar-refractivity contribution in [1.82, 2.24) is 0 Å². The van der Waals surface area contributed by atoms with Crippen LogP contribution in [0.15, 0.2) is 35.2 Å². The maximum atomic E-state index is 11.1. The van der Waals surface area contributed by atoms with Crippen LogP contribution in [-0.2, 0) is 16.5 Å². The van der Waals surface area contributed by atoms with E-state index in [2.05, 4.69) is 13.0 Å². The predicted molar refractivity (Wildman–Crippen MR) is 67.9 cm³/mol. The van der Waals surface area contributed by atoms with Crippen LogP contribution in [-0.4, -0.2) is 13.0 Å². The SMILES string of the molecule is CCc1ccc2cc(S(=O)(=O)O)cc(C)c2c1. The van der Waals surface area contributed by atoms with Gasteiger partial charge in [-0.05, 0) is 47.4 Å². The summed E-state index contributed by atoms with van der Waals surface area (Å²) in [6, 6.07) is 8.90. The third kappa shape index (κ3) is 2.33. The van der Waals surface area contributed by atoms with Gasteiger partial charge in [0, 0.05) is 0 Å². The number of rotatable bonds is 2. The van der Waals surface area contributed by atoms with Gasteiger partial charge in [0.25, 0.3) is 10.1 Å². The molecule has 1 N–H and O–H groups in total. The Morgan fingerprint density at radius 3 is 2.47 bits per heavy atom. The molecule has 2 aromatic rings. The van der Waals surface area contributed by atoms with Crippen molar-refractivity contribution < 1.29 is 13.0 Å². The third-order valence-electron chi connectivity index (χ3n) is 2.91. The van der Waals surface area contributed by atoms with Gasteiger partial charge in [0.15, 0.2) is 0 Å². The van der Waals surface area contributed by atoms with Crippen LogP contribution in [0.25, 0.3) is 10.8 Å². The molecule has 0 aliphatic carbocycles. The lowest BCUT2D eigenvalue weighted by Gasteiger charge is -2.07. The highest BCUT2D eigenvalue weighted by atomic mass is 32.2. The molecule has 0 saturated carbocycles. The second-order valence-corrected chi connectivity index (χ2v) is 5.55. The summed E-state index contributed by atoms with van der Waals surface area (Å²) < 4.78 is 31.3. The van der Waals surface area contributed by atoms with Crippen LogP contribution in [0.3, 0.4) is 0 Å². The van der Waals surface area contributed by atoms with Gasteiger partial charge in [0.2, 0.25) is 0 Å². The molecule has 0 fully saturated rings. The highest BCUT2D eigenvalue weighted by Crippen LogP contribution is 2.24. The normalized spacial score (nSPS) is 11.9. The molecule has 0 aromatic heterocycles. The summed E-state index contributed by atoms with van der Waals surface area (Å²) in [5.74, 6) is 0. The Labute approximate surface area is 101 Å². The standard InChI is InChI=1S/C13H14O3S/c1-3-10-4-5-11-8-12(17(14,15)16)6-9(2)13(11)7-10/h4-8H,3H2,1-2H3,(H,14,15,16). The molecule has 0 unspecified atom stereocenters. The van der Waals surface area contributed by atoms with Crippen molar-refractivity contribution in [3.63, 3.8) is 0 Å². The van der Waals surface area contributed by atoms with Crippen molar-refractivity contribution in [3.05, 3.63) is 41.5 Å². The smallest absolute Gasteiger partial charge is 0.282 e. The lowest BCUT2D eigenvalue weighted by Crippen LogP contribution is -1.98. The molecule has 4 heteroatoms. The molecule has 0 saturated heterocycles. The fourth-order valence-electron chi connectivity index (χ4n) is 1.93. The minimum absolute atomic E-state index is 0.0493. The second-order valence-electron chi connectivity index (χ2n) is 4.12. The molecule has 17 heavy (non-hydrogen) atoms. The minimum atomic E-state index is -4.13. The minimum Gasteiger partial charge on any atom is -0.282 e. The fourth-order valence-corrected chi connectivity index (χ4v) is 2.53. The molecule has 0 spiro atoms. The van der Waals surface area contributed by atoms with E-state index in [1.807, 2.05) is 19.1 Å². The van der Waals surface area contributed by atoms with Crippen LogP contribution in [0, 0.1) is 6.92 Å². The van der Waals surface area contributed by atoms with Crippen LogP contribution in [0.2, 0.25) is 0 Å². The van der Waals surface area contributed by atoms with Gasteiger partial charge in [0.1, 0.15) is 0 Å². The Hall–Kier alpha value is -1.39. The molecule has 0 heterocycles. The van der Waals surface area contributed by atoms with E-state index in [0.29, 0.717) is 0 Å². The summed E-state index contributed by atoms with van der Waals surface area (Å²) in [7, 11) is -4.13. The van der Waals surface area contributed by atoms with Crippen molar-refractivity contribution in [2.75, 3.05) is 0 Å². The average molecular weight is 250 g/mol. The molecule has 0 aliphatic heterocycles. The zero-order valence-electron chi connectivity index (χ0n) is 9.77. The van der Waals surface area contributed by atoms with Gasteiger partial charge < -0.3 is 0 Å². The molecule has 90 valence electrons. The van der Waals surface area contributed by atoms with E-state index in [0.717, 1.165) is 22.8 Å². The number of aryl methyl sites for hydroxylation is 2. The summed E-state index contributed by atoms with van der Waals surface area (Å²) in [5.41, 5.74) is 2.06. The molecular weight excluding hydrogens is 236 g/mol. The molecule has 0 bridgehead atoms. The number of fused-ring (bicyclic) bond motifs is 1. The zero-order chi connectivity index (χ0) is 12.6. The Morgan fingerprint density at radius 1 is 1.18 bits per heavy atom.